The standard InChI is InChI=1S/C6ClF3I/c7-4-2(8)1-3(9)5(10)6(4)11. The zero-order valence-electron chi connectivity index (χ0n) is 4.89. The van der Waals surface area contributed by atoms with E-state index in [0.29, 0.717) is 0 Å². The maximum Gasteiger partial charge on any atom is 0.174 e. The molecule has 0 N–H and O–H groups in total. The van der Waals surface area contributed by atoms with Crippen LogP contribution < -0.4 is 0 Å². The Morgan fingerprint density at radius 3 is 2.27 bits per heavy atom. The molecule has 0 amide bonds. The van der Waals surface area contributed by atoms with Crippen molar-refractivity contribution in [1.29, 1.82) is 0 Å². The number of hydrogen-bond acceptors (Lipinski definition) is 0. The third-order valence-corrected chi connectivity index (χ3v) is 2.68. The van der Waals surface area contributed by atoms with Crippen LogP contribution in [0.1, 0.15) is 0 Å². The van der Waals surface area contributed by atoms with E-state index >= 15 is 0 Å². The van der Waals surface area contributed by atoms with Gasteiger partial charge in [0.05, 0.1) is 14.7 Å². The van der Waals surface area contributed by atoms with Gasteiger partial charge < -0.3 is 0 Å². The summed E-state index contributed by atoms with van der Waals surface area (Å²) in [6.07, 6.45) is 0. The highest BCUT2D eigenvalue weighted by atomic mass is 127. The van der Waals surface area contributed by atoms with Gasteiger partial charge in [0.25, 0.3) is 0 Å². The summed E-state index contributed by atoms with van der Waals surface area (Å²) in [6.45, 7) is 0. The Labute approximate surface area is 79.5 Å². The largest absolute Gasteiger partial charge is 0.205 e. The fraction of sp³-hybridized carbons (Fsp3) is 0. The minimum atomic E-state index is -1.35. The van der Waals surface area contributed by atoms with E-state index in [4.69, 9.17) is 11.6 Å². The number of rotatable bonds is 0. The van der Waals surface area contributed by atoms with Crippen LogP contribution in [0, 0.1) is 27.1 Å². The van der Waals surface area contributed by atoms with E-state index in [1.165, 1.54) is 28.7 Å². The van der Waals surface area contributed by atoms with Crippen molar-refractivity contribution in [3.63, 3.8) is 0 Å². The first-order valence-corrected chi connectivity index (χ1v) is 3.90. The summed E-state index contributed by atoms with van der Waals surface area (Å²) in [5.41, 5.74) is 0. The second-order valence-electron chi connectivity index (χ2n) is 1.69. The molecule has 1 aromatic rings. The number of hydrogen-bond donors (Lipinski definition) is 0. The van der Waals surface area contributed by atoms with E-state index in [0.717, 1.165) is 0 Å². The van der Waals surface area contributed by atoms with E-state index in [9.17, 15) is 13.2 Å². The summed E-state index contributed by atoms with van der Waals surface area (Å²) < 4.78 is 36.9. The van der Waals surface area contributed by atoms with Crippen LogP contribution in [0.15, 0.2) is 0 Å². The Morgan fingerprint density at radius 2 is 1.73 bits per heavy atom. The molecular formula is C6ClF3I. The van der Waals surface area contributed by atoms with Crippen molar-refractivity contribution in [2.45, 2.75) is 0 Å². The molecule has 0 aliphatic heterocycles. The van der Waals surface area contributed by atoms with Crippen LogP contribution in [-0.2, 0) is 0 Å². The number of halogens is 5. The molecule has 1 rings (SSSR count). The lowest BCUT2D eigenvalue weighted by Gasteiger charge is -1.98. The van der Waals surface area contributed by atoms with E-state index < -0.39 is 22.5 Å². The quantitative estimate of drug-likeness (QED) is 0.391. The van der Waals surface area contributed by atoms with Gasteiger partial charge in [-0.15, -0.1) is 0 Å². The lowest BCUT2D eigenvalue weighted by Crippen LogP contribution is -1.93. The van der Waals surface area contributed by atoms with Gasteiger partial charge in [0.15, 0.2) is 17.5 Å². The molecule has 0 bridgehead atoms. The first kappa shape index (κ1) is 9.12. The van der Waals surface area contributed by atoms with Gasteiger partial charge in [0.2, 0.25) is 0 Å². The smallest absolute Gasteiger partial charge is 0.174 e. The maximum absolute atomic E-state index is 12.5. The van der Waals surface area contributed by atoms with Crippen LogP contribution in [0.25, 0.3) is 0 Å². The van der Waals surface area contributed by atoms with Crippen LogP contribution in [0.4, 0.5) is 13.2 Å². The lowest BCUT2D eigenvalue weighted by molar-refractivity contribution is 0.487. The first-order valence-electron chi connectivity index (χ1n) is 2.44. The highest BCUT2D eigenvalue weighted by molar-refractivity contribution is 14.1. The predicted molar refractivity (Wildman–Crippen MR) is 42.9 cm³/mol. The maximum atomic E-state index is 12.5. The molecule has 0 aromatic heterocycles. The molecule has 1 radical (unpaired) electrons. The summed E-state index contributed by atoms with van der Waals surface area (Å²) in [5, 5.41) is -0.440. The monoisotopic (exact) mass is 291 g/mol. The molecule has 0 fully saturated rings. The Hall–Kier alpha value is 0.0300. The Bertz CT molecular complexity index is 274. The summed E-state index contributed by atoms with van der Waals surface area (Å²) in [7, 11) is 0. The molecular weight excluding hydrogens is 291 g/mol. The van der Waals surface area contributed by atoms with Gasteiger partial charge in [-0.3, -0.25) is 0 Å². The van der Waals surface area contributed by atoms with Crippen molar-refractivity contribution >= 4 is 34.2 Å². The van der Waals surface area contributed by atoms with Crippen molar-refractivity contribution in [3.05, 3.63) is 32.1 Å². The SMILES string of the molecule is Fc1[c]c(F)c(Cl)c(I)c1F. The van der Waals surface area contributed by atoms with Crippen molar-refractivity contribution in [2.24, 2.45) is 0 Å². The van der Waals surface area contributed by atoms with Gasteiger partial charge in [-0.1, -0.05) is 11.6 Å². The van der Waals surface area contributed by atoms with Crippen LogP contribution in [0.2, 0.25) is 5.02 Å². The minimum absolute atomic E-state index is 0.266. The van der Waals surface area contributed by atoms with E-state index in [1.807, 2.05) is 0 Å². The fourth-order valence-corrected chi connectivity index (χ4v) is 1.10. The zero-order valence-corrected chi connectivity index (χ0v) is 7.80. The average molecular weight is 291 g/mol. The average Bonchev–Trinajstić information content (AvgIpc) is 1.97. The summed E-state index contributed by atoms with van der Waals surface area (Å²) in [4.78, 5) is 0. The Balaban J connectivity index is 3.46. The Morgan fingerprint density at radius 1 is 1.18 bits per heavy atom. The van der Waals surface area contributed by atoms with Gasteiger partial charge >= 0.3 is 0 Å². The van der Waals surface area contributed by atoms with Crippen LogP contribution >= 0.6 is 34.2 Å². The topological polar surface area (TPSA) is 0 Å². The molecule has 0 nitrogen and oxygen atoms in total. The molecule has 0 heterocycles. The van der Waals surface area contributed by atoms with Crippen molar-refractivity contribution in [1.82, 2.24) is 0 Å². The third kappa shape index (κ3) is 1.61. The molecule has 5 heteroatoms. The zero-order chi connectivity index (χ0) is 8.59. The lowest BCUT2D eigenvalue weighted by atomic mass is 10.3. The summed E-state index contributed by atoms with van der Waals surface area (Å²) in [6, 6.07) is 1.50. The molecule has 0 atom stereocenters. The molecule has 0 aliphatic rings. The number of benzene rings is 1. The third-order valence-electron chi connectivity index (χ3n) is 0.990. The van der Waals surface area contributed by atoms with Crippen molar-refractivity contribution in [2.75, 3.05) is 0 Å². The van der Waals surface area contributed by atoms with Crippen molar-refractivity contribution < 1.29 is 13.2 Å². The highest BCUT2D eigenvalue weighted by Crippen LogP contribution is 2.25. The molecule has 0 unspecified atom stereocenters. The molecule has 11 heavy (non-hydrogen) atoms. The van der Waals surface area contributed by atoms with Crippen LogP contribution in [0.5, 0.6) is 0 Å². The van der Waals surface area contributed by atoms with Gasteiger partial charge in [-0.2, -0.15) is 0 Å². The van der Waals surface area contributed by atoms with Crippen molar-refractivity contribution in [3.8, 4) is 0 Å². The van der Waals surface area contributed by atoms with Crippen LogP contribution in [0.3, 0.4) is 0 Å². The van der Waals surface area contributed by atoms with Gasteiger partial charge in [-0.05, 0) is 22.6 Å². The van der Waals surface area contributed by atoms with Gasteiger partial charge in [-0.25, -0.2) is 13.2 Å². The first-order chi connectivity index (χ1) is 5.04. The minimum Gasteiger partial charge on any atom is -0.205 e. The second-order valence-corrected chi connectivity index (χ2v) is 3.15. The van der Waals surface area contributed by atoms with Gasteiger partial charge in [0, 0.05) is 0 Å². The molecule has 0 aliphatic carbocycles. The highest BCUT2D eigenvalue weighted by Gasteiger charge is 2.14. The van der Waals surface area contributed by atoms with E-state index in [1.54, 1.807) is 0 Å². The van der Waals surface area contributed by atoms with E-state index in [-0.39, 0.29) is 3.57 Å². The molecule has 1 aromatic carbocycles. The second kappa shape index (κ2) is 3.18. The molecule has 0 saturated carbocycles. The van der Waals surface area contributed by atoms with Crippen LogP contribution in [-0.4, -0.2) is 0 Å². The Kier molecular flexibility index (Phi) is 2.64. The normalized spacial score (nSPS) is 10.3. The molecule has 0 saturated heterocycles. The molecule has 59 valence electrons. The summed E-state index contributed by atoms with van der Waals surface area (Å²) in [5.74, 6) is -3.59. The van der Waals surface area contributed by atoms with E-state index in [2.05, 4.69) is 0 Å². The van der Waals surface area contributed by atoms with Gasteiger partial charge in [0.1, 0.15) is 0 Å². The summed E-state index contributed by atoms with van der Waals surface area (Å²) >= 11 is 6.65. The predicted octanol–water partition coefficient (Wildman–Crippen LogP) is 3.16. The molecule has 0 spiro atoms. The fourth-order valence-electron chi connectivity index (χ4n) is 0.495.